The lowest BCUT2D eigenvalue weighted by Crippen LogP contribution is -2.11. The molecule has 0 spiro atoms. The summed E-state index contributed by atoms with van der Waals surface area (Å²) in [5.41, 5.74) is 5.08. The molecule has 0 aliphatic heterocycles. The summed E-state index contributed by atoms with van der Waals surface area (Å²) >= 11 is 6.21. The van der Waals surface area contributed by atoms with Gasteiger partial charge in [0.2, 0.25) is 0 Å². The summed E-state index contributed by atoms with van der Waals surface area (Å²) in [5, 5.41) is 7.87. The third-order valence-corrected chi connectivity index (χ3v) is 5.41. The molecule has 0 aliphatic rings. The topological polar surface area (TPSA) is 64.7 Å². The van der Waals surface area contributed by atoms with Gasteiger partial charge >= 0.3 is 0 Å². The quantitative estimate of drug-likeness (QED) is 0.420. The Balaban J connectivity index is 1.29. The average Bonchev–Trinajstić information content (AvgIpc) is 3.43. The van der Waals surface area contributed by atoms with Crippen LogP contribution in [0.1, 0.15) is 15.9 Å². The van der Waals surface area contributed by atoms with Gasteiger partial charge in [-0.05, 0) is 48.0 Å². The normalized spacial score (nSPS) is 11.0. The van der Waals surface area contributed by atoms with Crippen molar-refractivity contribution in [2.45, 2.75) is 6.54 Å². The van der Waals surface area contributed by atoms with Gasteiger partial charge in [-0.1, -0.05) is 41.9 Å². The van der Waals surface area contributed by atoms with Crippen molar-refractivity contribution in [3.8, 4) is 5.69 Å². The number of nitrogens with zero attached hydrogens (tertiary/aromatic N) is 4. The summed E-state index contributed by atoms with van der Waals surface area (Å²) in [6.45, 7) is 0.501. The van der Waals surface area contributed by atoms with E-state index in [4.69, 9.17) is 11.6 Å². The van der Waals surface area contributed by atoms with E-state index in [1.807, 2.05) is 77.4 Å². The molecule has 3 aromatic carbocycles. The largest absolute Gasteiger partial charge is 0.322 e. The van der Waals surface area contributed by atoms with E-state index < -0.39 is 0 Å². The predicted molar refractivity (Wildman–Crippen MR) is 122 cm³/mol. The maximum Gasteiger partial charge on any atom is 0.258 e. The van der Waals surface area contributed by atoms with E-state index in [0.29, 0.717) is 22.8 Å². The zero-order valence-corrected chi connectivity index (χ0v) is 17.2. The number of imidazole rings is 1. The van der Waals surface area contributed by atoms with Crippen LogP contribution in [0.3, 0.4) is 0 Å². The molecule has 0 bridgehead atoms. The maximum atomic E-state index is 12.6. The first-order valence-electron chi connectivity index (χ1n) is 9.77. The number of carbonyl (C=O) groups is 1. The number of halogens is 1. The van der Waals surface area contributed by atoms with Crippen LogP contribution in [-0.4, -0.2) is 25.2 Å². The van der Waals surface area contributed by atoms with Gasteiger partial charge in [-0.2, -0.15) is 5.10 Å². The summed E-state index contributed by atoms with van der Waals surface area (Å²) in [6.07, 6.45) is 5.06. The summed E-state index contributed by atoms with van der Waals surface area (Å²) in [7, 11) is 0. The second kappa shape index (κ2) is 8.08. The van der Waals surface area contributed by atoms with Gasteiger partial charge in [0.25, 0.3) is 5.91 Å². The van der Waals surface area contributed by atoms with Crippen molar-refractivity contribution in [1.82, 2.24) is 19.3 Å². The first kappa shape index (κ1) is 19.1. The molecule has 0 atom stereocenters. The lowest BCUT2D eigenvalue weighted by molar-refractivity contribution is 0.102. The van der Waals surface area contributed by atoms with Crippen LogP contribution in [-0.2, 0) is 6.54 Å². The molecule has 2 aromatic heterocycles. The molecular formula is C24H18ClN5O. The van der Waals surface area contributed by atoms with Crippen molar-refractivity contribution < 1.29 is 4.79 Å². The standard InChI is InChI=1S/C24H18ClN5O/c25-21-6-2-1-5-17(21)14-29-15-18(13-27-29)24(31)28-19-9-11-20(12-10-19)30-16-26-22-7-3-4-8-23(22)30/h1-13,15-16H,14H2,(H,28,31). The number of aromatic nitrogens is 4. The van der Waals surface area contributed by atoms with Gasteiger partial charge in [-0.15, -0.1) is 0 Å². The van der Waals surface area contributed by atoms with Crippen LogP contribution in [0.4, 0.5) is 5.69 Å². The molecule has 6 nitrogen and oxygen atoms in total. The SMILES string of the molecule is O=C(Nc1ccc(-n2cnc3ccccc32)cc1)c1cnn(Cc2ccccc2Cl)c1. The highest BCUT2D eigenvalue weighted by Crippen LogP contribution is 2.20. The molecule has 1 N–H and O–H groups in total. The zero-order chi connectivity index (χ0) is 21.2. The minimum absolute atomic E-state index is 0.216. The number of rotatable bonds is 5. The van der Waals surface area contributed by atoms with Crippen LogP contribution in [0.15, 0.2) is 91.5 Å². The average molecular weight is 428 g/mol. The Morgan fingerprint density at radius 1 is 0.968 bits per heavy atom. The van der Waals surface area contributed by atoms with Crippen LogP contribution in [0, 0.1) is 0 Å². The molecule has 0 aliphatic carbocycles. The Labute approximate surface area is 183 Å². The highest BCUT2D eigenvalue weighted by Gasteiger charge is 2.11. The fourth-order valence-electron chi connectivity index (χ4n) is 3.44. The molecule has 152 valence electrons. The second-order valence-electron chi connectivity index (χ2n) is 7.12. The minimum atomic E-state index is -0.216. The fourth-order valence-corrected chi connectivity index (χ4v) is 3.64. The van der Waals surface area contributed by atoms with Crippen LogP contribution >= 0.6 is 11.6 Å². The molecular weight excluding hydrogens is 410 g/mol. The Hall–Kier alpha value is -3.90. The summed E-state index contributed by atoms with van der Waals surface area (Å²) in [4.78, 5) is 17.0. The number of fused-ring (bicyclic) bond motifs is 1. The molecule has 5 aromatic rings. The number of para-hydroxylation sites is 2. The molecule has 2 heterocycles. The van der Waals surface area contributed by atoms with Gasteiger partial charge in [-0.25, -0.2) is 4.98 Å². The molecule has 0 saturated carbocycles. The maximum absolute atomic E-state index is 12.6. The number of benzene rings is 3. The lowest BCUT2D eigenvalue weighted by Gasteiger charge is -2.07. The van der Waals surface area contributed by atoms with Crippen molar-refractivity contribution in [2.24, 2.45) is 0 Å². The third kappa shape index (κ3) is 3.93. The molecule has 31 heavy (non-hydrogen) atoms. The molecule has 5 rings (SSSR count). The Bertz CT molecular complexity index is 1370. The first-order chi connectivity index (χ1) is 15.2. The van der Waals surface area contributed by atoms with Gasteiger partial charge < -0.3 is 5.32 Å². The predicted octanol–water partition coefficient (Wildman–Crippen LogP) is 5.18. The van der Waals surface area contributed by atoms with Crippen molar-refractivity contribution in [3.63, 3.8) is 0 Å². The van der Waals surface area contributed by atoms with E-state index in [1.54, 1.807) is 23.4 Å². The number of carbonyl (C=O) groups excluding carboxylic acids is 1. The van der Waals surface area contributed by atoms with E-state index in [-0.39, 0.29) is 5.91 Å². The van der Waals surface area contributed by atoms with Crippen molar-refractivity contribution in [1.29, 1.82) is 0 Å². The molecule has 1 amide bonds. The van der Waals surface area contributed by atoms with Gasteiger partial charge in [0.05, 0.1) is 29.3 Å². The summed E-state index contributed by atoms with van der Waals surface area (Å²) < 4.78 is 3.71. The Morgan fingerprint density at radius 3 is 2.58 bits per heavy atom. The minimum Gasteiger partial charge on any atom is -0.322 e. The Morgan fingerprint density at radius 2 is 1.74 bits per heavy atom. The number of amides is 1. The number of anilines is 1. The lowest BCUT2D eigenvalue weighted by atomic mass is 10.2. The van der Waals surface area contributed by atoms with Gasteiger partial charge in [0.15, 0.2) is 0 Å². The number of nitrogens with one attached hydrogen (secondary N) is 1. The van der Waals surface area contributed by atoms with E-state index in [9.17, 15) is 4.79 Å². The summed E-state index contributed by atoms with van der Waals surface area (Å²) in [6, 6.07) is 23.2. The van der Waals surface area contributed by atoms with E-state index in [1.165, 1.54) is 0 Å². The molecule has 0 radical (unpaired) electrons. The smallest absolute Gasteiger partial charge is 0.258 e. The number of hydrogen-bond donors (Lipinski definition) is 1. The third-order valence-electron chi connectivity index (χ3n) is 5.04. The Kier molecular flexibility index (Phi) is 4.98. The highest BCUT2D eigenvalue weighted by atomic mass is 35.5. The first-order valence-corrected chi connectivity index (χ1v) is 10.1. The van der Waals surface area contributed by atoms with Gasteiger partial charge in [0, 0.05) is 22.6 Å². The van der Waals surface area contributed by atoms with E-state index in [2.05, 4.69) is 15.4 Å². The van der Waals surface area contributed by atoms with Crippen LogP contribution in [0.2, 0.25) is 5.02 Å². The van der Waals surface area contributed by atoms with Gasteiger partial charge in [0.1, 0.15) is 6.33 Å². The van der Waals surface area contributed by atoms with Crippen LogP contribution in [0.5, 0.6) is 0 Å². The monoisotopic (exact) mass is 427 g/mol. The number of hydrogen-bond acceptors (Lipinski definition) is 3. The van der Waals surface area contributed by atoms with Gasteiger partial charge in [-0.3, -0.25) is 14.0 Å². The fraction of sp³-hybridized carbons (Fsp3) is 0.0417. The molecule has 7 heteroatoms. The van der Waals surface area contributed by atoms with Crippen molar-refractivity contribution in [2.75, 3.05) is 5.32 Å². The second-order valence-corrected chi connectivity index (χ2v) is 7.53. The van der Waals surface area contributed by atoms with Crippen LogP contribution in [0.25, 0.3) is 16.7 Å². The van der Waals surface area contributed by atoms with E-state index >= 15 is 0 Å². The van der Waals surface area contributed by atoms with Crippen molar-refractivity contribution >= 4 is 34.2 Å². The molecule has 0 unspecified atom stereocenters. The highest BCUT2D eigenvalue weighted by molar-refractivity contribution is 6.31. The summed E-state index contributed by atoms with van der Waals surface area (Å²) in [5.74, 6) is -0.216. The zero-order valence-electron chi connectivity index (χ0n) is 16.4. The van der Waals surface area contributed by atoms with Crippen molar-refractivity contribution in [3.05, 3.63) is 108 Å². The molecule has 0 saturated heterocycles. The van der Waals surface area contributed by atoms with Crippen LogP contribution < -0.4 is 5.32 Å². The van der Waals surface area contributed by atoms with E-state index in [0.717, 1.165) is 22.3 Å². The molecule has 0 fully saturated rings.